The molecule has 0 aliphatic carbocycles. The van der Waals surface area contributed by atoms with Crippen LogP contribution < -0.4 is 15.9 Å². The average Bonchev–Trinajstić information content (AvgIpc) is 3.19. The molecule has 7 heteroatoms. The van der Waals surface area contributed by atoms with Crippen LogP contribution in [0.25, 0.3) is 16.8 Å². The van der Waals surface area contributed by atoms with Crippen molar-refractivity contribution in [2.45, 2.75) is 13.5 Å². The van der Waals surface area contributed by atoms with Crippen LogP contribution in [0.1, 0.15) is 27.0 Å². The van der Waals surface area contributed by atoms with E-state index in [-0.39, 0.29) is 18.4 Å². The highest BCUT2D eigenvalue weighted by molar-refractivity contribution is 6.21. The van der Waals surface area contributed by atoms with Crippen LogP contribution in [0, 0.1) is 6.92 Å². The minimum absolute atomic E-state index is 0.273. The van der Waals surface area contributed by atoms with Gasteiger partial charge in [0.1, 0.15) is 6.33 Å². The number of nitrogens with zero attached hydrogens (tertiary/aromatic N) is 4. The van der Waals surface area contributed by atoms with E-state index in [1.165, 1.54) is 6.33 Å². The van der Waals surface area contributed by atoms with E-state index in [0.717, 1.165) is 21.9 Å². The molecule has 7 nitrogen and oxygen atoms in total. The summed E-state index contributed by atoms with van der Waals surface area (Å²) >= 11 is 0. The van der Waals surface area contributed by atoms with Gasteiger partial charge in [-0.1, -0.05) is 24.3 Å². The van der Waals surface area contributed by atoms with E-state index in [1.54, 1.807) is 36.8 Å². The molecule has 3 heterocycles. The molecular formula is C26H19N5O2. The summed E-state index contributed by atoms with van der Waals surface area (Å²) in [7, 11) is 0. The molecule has 1 N–H and O–H groups in total. The highest BCUT2D eigenvalue weighted by Gasteiger charge is 2.21. The maximum absolute atomic E-state index is 13.1. The Kier molecular flexibility index (Phi) is 5.28. The number of benzene rings is 2. The molecule has 2 aromatic carbocycles. The Morgan fingerprint density at radius 2 is 1.73 bits per heavy atom. The van der Waals surface area contributed by atoms with Gasteiger partial charge in [-0.05, 0) is 48.4 Å². The van der Waals surface area contributed by atoms with Crippen LogP contribution in [0.5, 0.6) is 0 Å². The lowest BCUT2D eigenvalue weighted by Crippen LogP contribution is -2.24. The van der Waals surface area contributed by atoms with Gasteiger partial charge in [0, 0.05) is 47.0 Å². The summed E-state index contributed by atoms with van der Waals surface area (Å²) in [6, 6.07) is 16.6. The third-order valence-corrected chi connectivity index (χ3v) is 5.37. The Bertz CT molecular complexity index is 1500. The van der Waals surface area contributed by atoms with Crippen LogP contribution in [0.4, 0.5) is 0 Å². The van der Waals surface area contributed by atoms with E-state index < -0.39 is 0 Å². The molecule has 0 saturated heterocycles. The average molecular weight is 433 g/mol. The Balaban J connectivity index is 1.60. The van der Waals surface area contributed by atoms with Crippen molar-refractivity contribution in [3.05, 3.63) is 112 Å². The molecule has 0 saturated carbocycles. The number of carbonyl (C=O) groups is 2. The number of hydrogen-bond acceptors (Lipinski definition) is 5. The number of rotatable bonds is 5. The first-order valence-electron chi connectivity index (χ1n) is 10.4. The molecule has 0 unspecified atom stereocenters. The first kappa shape index (κ1) is 20.4. The molecule has 1 aliphatic rings. The topological polar surface area (TPSA) is 97.2 Å². The Morgan fingerprint density at radius 1 is 0.939 bits per heavy atom. The minimum atomic E-state index is -0.321. The highest BCUT2D eigenvalue weighted by Crippen LogP contribution is 2.25. The molecule has 0 fully saturated rings. The van der Waals surface area contributed by atoms with Gasteiger partial charge in [-0.3, -0.25) is 14.6 Å². The van der Waals surface area contributed by atoms with Gasteiger partial charge in [0.25, 0.3) is 11.8 Å². The zero-order chi connectivity index (χ0) is 22.8. The molecule has 5 rings (SSSR count). The van der Waals surface area contributed by atoms with E-state index in [0.29, 0.717) is 27.8 Å². The molecule has 0 spiro atoms. The van der Waals surface area contributed by atoms with Gasteiger partial charge in [0.05, 0.1) is 16.6 Å². The van der Waals surface area contributed by atoms with Gasteiger partial charge in [-0.25, -0.2) is 15.0 Å². The predicted molar refractivity (Wildman–Crippen MR) is 122 cm³/mol. The molecule has 4 aromatic rings. The van der Waals surface area contributed by atoms with Crippen molar-refractivity contribution < 1.29 is 9.59 Å². The van der Waals surface area contributed by atoms with Gasteiger partial charge in [-0.2, -0.15) is 0 Å². The van der Waals surface area contributed by atoms with Crippen LogP contribution in [0.2, 0.25) is 0 Å². The second-order valence-electron chi connectivity index (χ2n) is 7.76. The molecule has 0 atom stereocenters. The quantitative estimate of drug-likeness (QED) is 0.520. The van der Waals surface area contributed by atoms with Crippen LogP contribution in [0.3, 0.4) is 0 Å². The summed E-state index contributed by atoms with van der Waals surface area (Å²) in [4.78, 5) is 42.5. The standard InChI is InChI=1S/C26H19N5O2/c1-16-6-7-22(29-11-16)18-8-19(24-21-4-2-3-5-23(21)31-26(24)33)10-20(9-18)25(32)30-14-17-12-27-15-28-13-17/h2-13,15H,14H2,1H3,(H,30,32). The van der Waals surface area contributed by atoms with Crippen molar-refractivity contribution in [3.8, 4) is 11.3 Å². The Hall–Kier alpha value is -4.52. The first-order chi connectivity index (χ1) is 16.1. The van der Waals surface area contributed by atoms with Gasteiger partial charge in [0.2, 0.25) is 0 Å². The number of carbonyl (C=O) groups excluding carboxylic acids is 2. The maximum Gasteiger partial charge on any atom is 0.278 e. The van der Waals surface area contributed by atoms with Crippen molar-refractivity contribution in [2.75, 3.05) is 0 Å². The van der Waals surface area contributed by atoms with Crippen LogP contribution >= 0.6 is 0 Å². The Morgan fingerprint density at radius 3 is 2.52 bits per heavy atom. The normalized spacial score (nSPS) is 12.3. The fourth-order valence-electron chi connectivity index (χ4n) is 3.74. The number of fused-ring (bicyclic) bond motifs is 1. The van der Waals surface area contributed by atoms with E-state index >= 15 is 0 Å². The van der Waals surface area contributed by atoms with E-state index in [1.807, 2.05) is 43.3 Å². The molecule has 2 aromatic heterocycles. The van der Waals surface area contributed by atoms with Gasteiger partial charge in [0.15, 0.2) is 0 Å². The summed E-state index contributed by atoms with van der Waals surface area (Å²) in [5, 5.41) is 4.28. The van der Waals surface area contributed by atoms with Crippen LogP contribution in [-0.2, 0) is 11.3 Å². The monoisotopic (exact) mass is 433 g/mol. The zero-order valence-electron chi connectivity index (χ0n) is 17.8. The summed E-state index contributed by atoms with van der Waals surface area (Å²) in [5.74, 6) is -0.594. The second kappa shape index (κ2) is 8.55. The van der Waals surface area contributed by atoms with Crippen molar-refractivity contribution in [1.29, 1.82) is 0 Å². The second-order valence-corrected chi connectivity index (χ2v) is 7.76. The van der Waals surface area contributed by atoms with Crippen molar-refractivity contribution in [1.82, 2.24) is 20.3 Å². The number of pyridine rings is 1. The number of hydrogen-bond donors (Lipinski definition) is 1. The highest BCUT2D eigenvalue weighted by atomic mass is 16.2. The number of aromatic nitrogens is 3. The van der Waals surface area contributed by atoms with Gasteiger partial charge < -0.3 is 5.32 Å². The summed E-state index contributed by atoms with van der Waals surface area (Å²) < 4.78 is 0. The third kappa shape index (κ3) is 4.16. The lowest BCUT2D eigenvalue weighted by atomic mass is 9.96. The molecule has 1 aliphatic heterocycles. The maximum atomic E-state index is 13.1. The molecular weight excluding hydrogens is 414 g/mol. The zero-order valence-corrected chi connectivity index (χ0v) is 17.8. The van der Waals surface area contributed by atoms with Gasteiger partial charge >= 0.3 is 0 Å². The number of para-hydroxylation sites is 1. The molecule has 0 bridgehead atoms. The molecule has 33 heavy (non-hydrogen) atoms. The first-order valence-corrected chi connectivity index (χ1v) is 10.4. The van der Waals surface area contributed by atoms with Crippen molar-refractivity contribution >= 4 is 17.4 Å². The molecule has 160 valence electrons. The fourth-order valence-corrected chi connectivity index (χ4v) is 3.74. The smallest absolute Gasteiger partial charge is 0.278 e. The third-order valence-electron chi connectivity index (χ3n) is 5.37. The lowest BCUT2D eigenvalue weighted by Gasteiger charge is -2.11. The fraction of sp³-hybridized carbons (Fsp3) is 0.0769. The van der Waals surface area contributed by atoms with E-state index in [2.05, 4.69) is 25.3 Å². The summed E-state index contributed by atoms with van der Waals surface area (Å²) in [6.07, 6.45) is 6.51. The largest absolute Gasteiger partial charge is 0.348 e. The van der Waals surface area contributed by atoms with Crippen molar-refractivity contribution in [3.63, 3.8) is 0 Å². The molecule has 0 radical (unpaired) electrons. The number of amides is 2. The molecule has 2 amide bonds. The minimum Gasteiger partial charge on any atom is -0.348 e. The number of aryl methyl sites for hydroxylation is 1. The van der Waals surface area contributed by atoms with Crippen molar-refractivity contribution in [2.24, 2.45) is 4.99 Å². The van der Waals surface area contributed by atoms with E-state index in [9.17, 15) is 9.59 Å². The Labute approximate surface area is 189 Å². The summed E-state index contributed by atoms with van der Waals surface area (Å²) in [6.45, 7) is 2.25. The summed E-state index contributed by atoms with van der Waals surface area (Å²) in [5.41, 5.74) is 4.80. The lowest BCUT2D eigenvalue weighted by molar-refractivity contribution is -0.112. The van der Waals surface area contributed by atoms with E-state index in [4.69, 9.17) is 0 Å². The number of nitrogens with one attached hydrogen (secondary N) is 1. The SMILES string of the molecule is Cc1ccc(-c2cc(C(=O)NCc3cncnc3)cc(C3=c4ccccc4=NC3=O)c2)nc1. The van der Waals surface area contributed by atoms with Crippen LogP contribution in [-0.4, -0.2) is 26.8 Å². The van der Waals surface area contributed by atoms with Crippen LogP contribution in [0.15, 0.2) is 84.5 Å². The van der Waals surface area contributed by atoms with Gasteiger partial charge in [-0.15, -0.1) is 0 Å². The predicted octanol–water partition coefficient (Wildman–Crippen LogP) is 2.14.